The van der Waals surface area contributed by atoms with Crippen molar-refractivity contribution in [1.29, 1.82) is 0 Å². The van der Waals surface area contributed by atoms with Crippen molar-refractivity contribution in [2.45, 2.75) is 25.9 Å². The van der Waals surface area contributed by atoms with Crippen molar-refractivity contribution in [2.24, 2.45) is 0 Å². The highest BCUT2D eigenvalue weighted by Crippen LogP contribution is 2.28. The number of carbonyl (C=O) groups is 4. The van der Waals surface area contributed by atoms with E-state index in [0.29, 0.717) is 22.3 Å². The third kappa shape index (κ3) is 6.51. The van der Waals surface area contributed by atoms with Crippen LogP contribution in [0.5, 0.6) is 0 Å². The second-order valence-corrected chi connectivity index (χ2v) is 13.4. The minimum atomic E-state index is -0.213. The zero-order valence-electron chi connectivity index (χ0n) is 27.1. The third-order valence-electron chi connectivity index (χ3n) is 10.7. The number of rotatable bonds is 9. The molecular weight excluding hydrogens is 584 g/mol. The van der Waals surface area contributed by atoms with Gasteiger partial charge in [0.05, 0.1) is 52.4 Å². The van der Waals surface area contributed by atoms with Gasteiger partial charge in [-0.3, -0.25) is 37.9 Å². The Kier molecular flexibility index (Phi) is 9.64. The van der Waals surface area contributed by atoms with Gasteiger partial charge in [0, 0.05) is 38.3 Å². The van der Waals surface area contributed by atoms with E-state index in [4.69, 9.17) is 0 Å². The van der Waals surface area contributed by atoms with Gasteiger partial charge in [-0.1, -0.05) is 36.4 Å². The maximum absolute atomic E-state index is 13.6. The van der Waals surface area contributed by atoms with Crippen molar-refractivity contribution in [3.8, 4) is 0 Å². The molecule has 0 spiro atoms. The molecule has 0 saturated carbocycles. The van der Waals surface area contributed by atoms with E-state index in [0.717, 1.165) is 63.7 Å². The lowest BCUT2D eigenvalue weighted by Gasteiger charge is -2.47. The van der Waals surface area contributed by atoms with Gasteiger partial charge in [-0.15, -0.1) is 0 Å². The van der Waals surface area contributed by atoms with Crippen LogP contribution in [0.15, 0.2) is 60.7 Å². The van der Waals surface area contributed by atoms with E-state index >= 15 is 0 Å². The molecule has 0 aliphatic carbocycles. The maximum Gasteiger partial charge on any atom is 0.247 e. The van der Waals surface area contributed by atoms with Crippen LogP contribution in [0.3, 0.4) is 0 Å². The van der Waals surface area contributed by atoms with E-state index < -0.39 is 0 Å². The Bertz CT molecular complexity index is 1270. The van der Waals surface area contributed by atoms with Gasteiger partial charge in [-0.2, -0.15) is 0 Å². The van der Waals surface area contributed by atoms with Crippen LogP contribution >= 0.6 is 0 Å². The molecule has 4 aliphatic rings. The molecule has 46 heavy (non-hydrogen) atoms. The Morgan fingerprint density at radius 3 is 1.15 bits per heavy atom. The molecule has 0 radical (unpaired) electrons. The second kappa shape index (κ2) is 13.7. The lowest BCUT2D eigenvalue weighted by molar-refractivity contribution is -0.159. The predicted molar refractivity (Wildman–Crippen MR) is 177 cm³/mol. The number of amides is 4. The lowest BCUT2D eigenvalue weighted by atomic mass is 10.1. The molecule has 4 fully saturated rings. The van der Waals surface area contributed by atoms with Crippen LogP contribution in [0.1, 0.15) is 13.8 Å². The van der Waals surface area contributed by atoms with Crippen molar-refractivity contribution >= 4 is 35.0 Å². The number of hydrogen-bond acceptors (Lipinski definition) is 8. The monoisotopic (exact) mass is 632 g/mol. The van der Waals surface area contributed by atoms with Gasteiger partial charge in [-0.05, 0) is 38.1 Å². The number of piperazine rings is 4. The molecule has 2 atom stereocenters. The molecule has 6 rings (SSSR count). The molecule has 2 unspecified atom stereocenters. The Labute approximate surface area is 271 Å². The molecule has 4 aliphatic heterocycles. The number of nitrogens with zero attached hydrogens (tertiary/aromatic N) is 6. The smallest absolute Gasteiger partial charge is 0.247 e. The van der Waals surface area contributed by atoms with Crippen LogP contribution in [0.4, 0.5) is 11.4 Å². The van der Waals surface area contributed by atoms with E-state index in [1.165, 1.54) is 9.80 Å². The number of imide groups is 2. The fourth-order valence-corrected chi connectivity index (χ4v) is 7.57. The van der Waals surface area contributed by atoms with E-state index in [2.05, 4.69) is 34.9 Å². The van der Waals surface area contributed by atoms with Crippen molar-refractivity contribution < 1.29 is 19.2 Å². The number of para-hydroxylation sites is 2. The van der Waals surface area contributed by atoms with Crippen molar-refractivity contribution in [3.63, 3.8) is 0 Å². The van der Waals surface area contributed by atoms with E-state index in [1.54, 1.807) is 0 Å². The zero-order valence-corrected chi connectivity index (χ0v) is 27.1. The molecule has 4 amide bonds. The Morgan fingerprint density at radius 1 is 0.543 bits per heavy atom. The molecule has 12 heteroatoms. The summed E-state index contributed by atoms with van der Waals surface area (Å²) >= 11 is 0. The topological polar surface area (TPSA) is 105 Å². The largest absolute Gasteiger partial charge is 0.306 e. The Morgan fingerprint density at radius 2 is 0.848 bits per heavy atom. The summed E-state index contributed by atoms with van der Waals surface area (Å²) < 4.78 is 1.12. The molecule has 2 N–H and O–H groups in total. The number of quaternary nitrogens is 2. The summed E-state index contributed by atoms with van der Waals surface area (Å²) in [7, 11) is 0. The summed E-state index contributed by atoms with van der Waals surface area (Å²) in [5, 5.41) is 6.80. The fraction of sp³-hybridized carbons (Fsp3) is 0.529. The molecule has 246 valence electrons. The molecular formula is C34H48N8O4+2. The van der Waals surface area contributed by atoms with Gasteiger partial charge in [0.1, 0.15) is 11.4 Å². The first-order chi connectivity index (χ1) is 22.2. The Balaban J connectivity index is 1.09. The molecule has 2 aromatic carbocycles. The number of hydrogen-bond donors (Lipinski definition) is 2. The average Bonchev–Trinajstić information content (AvgIpc) is 3.09. The summed E-state index contributed by atoms with van der Waals surface area (Å²) in [5.74, 6) is -0.814. The van der Waals surface area contributed by atoms with Gasteiger partial charge in [-0.25, -0.2) is 9.80 Å². The second-order valence-electron chi connectivity index (χ2n) is 13.4. The van der Waals surface area contributed by atoms with Crippen LogP contribution in [0.2, 0.25) is 0 Å². The third-order valence-corrected chi connectivity index (χ3v) is 10.7. The van der Waals surface area contributed by atoms with Gasteiger partial charge < -0.3 is 10.6 Å². The summed E-state index contributed by atoms with van der Waals surface area (Å²) in [6.07, 6.45) is 0. The first-order valence-electron chi connectivity index (χ1n) is 16.6. The number of nitrogens with one attached hydrogen (secondary N) is 2. The van der Waals surface area contributed by atoms with Crippen molar-refractivity contribution in [2.75, 3.05) is 91.9 Å². The first kappa shape index (κ1) is 32.4. The molecule has 12 nitrogen and oxygen atoms in total. The summed E-state index contributed by atoms with van der Waals surface area (Å²) in [5.41, 5.74) is 2.22. The standard InChI is InChI=1S/C34H48N8O4/c1-27(37-21-31(43)39(32(44)22-37)25-41(17-13-35-14-18-41)29-9-5-3-6-10-29)28(2)38-23-33(45)40(34(46)24-38)26-42(19-15-36-16-20-42)30-11-7-4-8-12-30/h3-12,27-28,35-36H,13-26H2,1-2H3/q+2. The van der Waals surface area contributed by atoms with Gasteiger partial charge in [0.25, 0.3) is 0 Å². The Hall–Kier alpha value is -3.52. The summed E-state index contributed by atoms with van der Waals surface area (Å²) in [6.45, 7) is 11.6. The van der Waals surface area contributed by atoms with Gasteiger partial charge in [0.15, 0.2) is 13.3 Å². The summed E-state index contributed by atoms with van der Waals surface area (Å²) in [6, 6.07) is 19.9. The van der Waals surface area contributed by atoms with Crippen LogP contribution in [0.25, 0.3) is 0 Å². The molecule has 2 aromatic rings. The number of carbonyl (C=O) groups excluding carboxylic acids is 4. The molecule has 4 heterocycles. The average molecular weight is 633 g/mol. The minimum absolute atomic E-state index is 0.122. The van der Waals surface area contributed by atoms with Crippen molar-refractivity contribution in [3.05, 3.63) is 60.7 Å². The fourth-order valence-electron chi connectivity index (χ4n) is 7.57. The van der Waals surface area contributed by atoms with Crippen molar-refractivity contribution in [1.82, 2.24) is 39.2 Å². The number of benzene rings is 2. The SMILES string of the molecule is CC(C(C)N1CC(=O)N(C[N+]2(c3ccccc3)CCNCC2)C(=O)C1)N1CC(=O)N(C[N+]2(c3ccccc3)CCNCC2)C(=O)C1. The predicted octanol–water partition coefficient (Wildman–Crippen LogP) is 0.241. The normalized spacial score (nSPS) is 24.2. The highest BCUT2D eigenvalue weighted by molar-refractivity contribution is 6.00. The molecule has 4 saturated heterocycles. The van der Waals surface area contributed by atoms with Crippen LogP contribution < -0.4 is 19.6 Å². The highest BCUT2D eigenvalue weighted by atomic mass is 16.2. The zero-order chi connectivity index (χ0) is 32.3. The highest BCUT2D eigenvalue weighted by Gasteiger charge is 2.45. The minimum Gasteiger partial charge on any atom is -0.306 e. The lowest BCUT2D eigenvalue weighted by Crippen LogP contribution is -2.69. The van der Waals surface area contributed by atoms with E-state index in [1.807, 2.05) is 60.0 Å². The van der Waals surface area contributed by atoms with E-state index in [-0.39, 0.29) is 61.9 Å². The quantitative estimate of drug-likeness (QED) is 0.300. The van der Waals surface area contributed by atoms with Crippen LogP contribution in [0, 0.1) is 0 Å². The van der Waals surface area contributed by atoms with Gasteiger partial charge in [0.2, 0.25) is 23.6 Å². The molecule has 0 bridgehead atoms. The van der Waals surface area contributed by atoms with Gasteiger partial charge >= 0.3 is 0 Å². The van der Waals surface area contributed by atoms with Crippen LogP contribution in [-0.4, -0.2) is 147 Å². The first-order valence-corrected chi connectivity index (χ1v) is 16.6. The summed E-state index contributed by atoms with van der Waals surface area (Å²) in [4.78, 5) is 60.9. The van der Waals surface area contributed by atoms with E-state index in [9.17, 15) is 19.2 Å². The molecule has 0 aromatic heterocycles. The van der Waals surface area contributed by atoms with Crippen LogP contribution in [-0.2, 0) is 19.2 Å². The maximum atomic E-state index is 13.6.